The van der Waals surface area contributed by atoms with Crippen molar-refractivity contribution in [2.45, 2.75) is 25.5 Å². The lowest BCUT2D eigenvalue weighted by molar-refractivity contribution is -0.110. The molecule has 0 spiro atoms. The van der Waals surface area contributed by atoms with Gasteiger partial charge in [0.15, 0.2) is 0 Å². The van der Waals surface area contributed by atoms with E-state index in [4.69, 9.17) is 4.74 Å². The van der Waals surface area contributed by atoms with Crippen LogP contribution in [0, 0.1) is 0 Å². The van der Waals surface area contributed by atoms with Gasteiger partial charge in [0.1, 0.15) is 0 Å². The summed E-state index contributed by atoms with van der Waals surface area (Å²) in [6, 6.07) is 0.238. The fraction of sp³-hybridized carbons (Fsp3) is 0.833. The number of hydrogen-bond donors (Lipinski definition) is 1. The smallest absolute Gasteiger partial charge is 0.207 e. The zero-order valence-electron chi connectivity index (χ0n) is 5.46. The lowest BCUT2D eigenvalue weighted by Crippen LogP contribution is -2.33. The van der Waals surface area contributed by atoms with Gasteiger partial charge in [-0.1, -0.05) is 0 Å². The van der Waals surface area contributed by atoms with Crippen molar-refractivity contribution in [1.29, 1.82) is 0 Å². The molecule has 1 saturated heterocycles. The highest BCUT2D eigenvalue weighted by molar-refractivity contribution is 5.46. The molecule has 1 amide bonds. The Morgan fingerprint density at radius 1 is 1.78 bits per heavy atom. The molecule has 1 heterocycles. The van der Waals surface area contributed by atoms with Gasteiger partial charge in [0.2, 0.25) is 6.41 Å². The number of ether oxygens (including phenoxy) is 1. The highest BCUT2D eigenvalue weighted by Crippen LogP contribution is 2.11. The molecule has 1 aliphatic rings. The van der Waals surface area contributed by atoms with Crippen LogP contribution in [0.4, 0.5) is 0 Å². The van der Waals surface area contributed by atoms with Gasteiger partial charge in [-0.3, -0.25) is 4.79 Å². The Hall–Kier alpha value is -0.570. The molecule has 3 nitrogen and oxygen atoms in total. The van der Waals surface area contributed by atoms with E-state index in [1.165, 1.54) is 0 Å². The topological polar surface area (TPSA) is 38.3 Å². The second kappa shape index (κ2) is 2.82. The average Bonchev–Trinajstić information content (AvgIpc) is 2.18. The van der Waals surface area contributed by atoms with Crippen molar-refractivity contribution in [3.8, 4) is 0 Å². The van der Waals surface area contributed by atoms with Crippen LogP contribution in [-0.2, 0) is 9.53 Å². The molecule has 0 aromatic heterocycles. The summed E-state index contributed by atoms with van der Waals surface area (Å²) in [6.45, 7) is 2.74. The molecule has 1 fully saturated rings. The second-order valence-corrected chi connectivity index (χ2v) is 2.26. The zero-order valence-corrected chi connectivity index (χ0v) is 5.46. The molecule has 52 valence electrons. The van der Waals surface area contributed by atoms with E-state index in [0.717, 1.165) is 19.4 Å². The third-order valence-electron chi connectivity index (χ3n) is 1.66. The van der Waals surface area contributed by atoms with Crippen molar-refractivity contribution in [3.05, 3.63) is 0 Å². The maximum atomic E-state index is 9.94. The Balaban J connectivity index is 2.30. The molecule has 0 aromatic carbocycles. The van der Waals surface area contributed by atoms with Crippen molar-refractivity contribution >= 4 is 6.41 Å². The molecule has 3 heteroatoms. The molecule has 0 saturated carbocycles. The number of hydrogen-bond acceptors (Lipinski definition) is 2. The molecule has 9 heavy (non-hydrogen) atoms. The van der Waals surface area contributed by atoms with E-state index in [0.29, 0.717) is 0 Å². The SMILES string of the molecule is CC1OCCC1NC=O. The minimum Gasteiger partial charge on any atom is -0.376 e. The predicted octanol–water partition coefficient (Wildman–Crippen LogP) is -0.0902. The molecule has 2 unspecified atom stereocenters. The van der Waals surface area contributed by atoms with Crippen molar-refractivity contribution in [3.63, 3.8) is 0 Å². The molecule has 1 N–H and O–H groups in total. The quantitative estimate of drug-likeness (QED) is 0.529. The highest BCUT2D eigenvalue weighted by atomic mass is 16.5. The van der Waals surface area contributed by atoms with Crippen LogP contribution >= 0.6 is 0 Å². The van der Waals surface area contributed by atoms with Gasteiger partial charge in [0.05, 0.1) is 12.1 Å². The summed E-state index contributed by atoms with van der Waals surface area (Å²) < 4.78 is 5.20. The number of nitrogens with one attached hydrogen (secondary N) is 1. The molecule has 1 rings (SSSR count). The largest absolute Gasteiger partial charge is 0.376 e. The Labute approximate surface area is 54.4 Å². The monoisotopic (exact) mass is 129 g/mol. The first-order valence-electron chi connectivity index (χ1n) is 3.16. The van der Waals surface area contributed by atoms with Gasteiger partial charge in [-0.25, -0.2) is 0 Å². The Morgan fingerprint density at radius 3 is 3.00 bits per heavy atom. The van der Waals surface area contributed by atoms with E-state index < -0.39 is 0 Å². The third-order valence-corrected chi connectivity index (χ3v) is 1.66. The number of amides is 1. The van der Waals surface area contributed by atoms with Crippen LogP contribution in [0.3, 0.4) is 0 Å². The Bertz CT molecular complexity index is 105. The van der Waals surface area contributed by atoms with Crippen LogP contribution in [0.1, 0.15) is 13.3 Å². The van der Waals surface area contributed by atoms with Crippen LogP contribution in [-0.4, -0.2) is 25.2 Å². The van der Waals surface area contributed by atoms with Gasteiger partial charge in [-0.15, -0.1) is 0 Å². The summed E-state index contributed by atoms with van der Waals surface area (Å²) in [7, 11) is 0. The fourth-order valence-corrected chi connectivity index (χ4v) is 1.04. The van der Waals surface area contributed by atoms with Crippen molar-refractivity contribution in [2.24, 2.45) is 0 Å². The first kappa shape index (κ1) is 6.55. The number of rotatable bonds is 2. The average molecular weight is 129 g/mol. The van der Waals surface area contributed by atoms with Gasteiger partial charge in [0.25, 0.3) is 0 Å². The van der Waals surface area contributed by atoms with Gasteiger partial charge in [0, 0.05) is 6.61 Å². The Morgan fingerprint density at radius 2 is 2.56 bits per heavy atom. The lowest BCUT2D eigenvalue weighted by Gasteiger charge is -2.11. The minimum absolute atomic E-state index is 0.190. The third kappa shape index (κ3) is 1.42. The minimum atomic E-state index is 0.190. The second-order valence-electron chi connectivity index (χ2n) is 2.26. The molecule has 1 aliphatic heterocycles. The molecule has 0 aromatic rings. The molecule has 2 atom stereocenters. The summed E-state index contributed by atoms with van der Waals surface area (Å²) >= 11 is 0. The van der Waals surface area contributed by atoms with Crippen molar-refractivity contribution in [1.82, 2.24) is 5.32 Å². The van der Waals surface area contributed by atoms with E-state index in [-0.39, 0.29) is 12.1 Å². The van der Waals surface area contributed by atoms with Crippen LogP contribution in [0.25, 0.3) is 0 Å². The first-order chi connectivity index (χ1) is 4.34. The standard InChI is InChI=1S/C6H11NO2/c1-5-6(7-4-8)2-3-9-5/h4-6H,2-3H2,1H3,(H,7,8). The van der Waals surface area contributed by atoms with Crippen molar-refractivity contribution in [2.75, 3.05) is 6.61 Å². The van der Waals surface area contributed by atoms with E-state index in [1.54, 1.807) is 0 Å². The van der Waals surface area contributed by atoms with Gasteiger partial charge >= 0.3 is 0 Å². The predicted molar refractivity (Wildman–Crippen MR) is 33.0 cm³/mol. The first-order valence-corrected chi connectivity index (χ1v) is 3.16. The Kier molecular flexibility index (Phi) is 2.05. The summed E-state index contributed by atoms with van der Waals surface area (Å²) in [4.78, 5) is 9.94. The normalized spacial score (nSPS) is 34.3. The van der Waals surface area contributed by atoms with Gasteiger partial charge in [-0.2, -0.15) is 0 Å². The summed E-state index contributed by atoms with van der Waals surface area (Å²) in [5, 5.41) is 2.69. The van der Waals surface area contributed by atoms with Crippen molar-refractivity contribution < 1.29 is 9.53 Å². The molecule has 0 aliphatic carbocycles. The van der Waals surface area contributed by atoms with E-state index in [9.17, 15) is 4.79 Å². The highest BCUT2D eigenvalue weighted by Gasteiger charge is 2.22. The summed E-state index contributed by atoms with van der Waals surface area (Å²) in [5.41, 5.74) is 0. The number of carbonyl (C=O) groups is 1. The van der Waals surface area contributed by atoms with Crippen LogP contribution in [0.15, 0.2) is 0 Å². The van der Waals surface area contributed by atoms with E-state index >= 15 is 0 Å². The van der Waals surface area contributed by atoms with Crippen LogP contribution < -0.4 is 5.32 Å². The maximum absolute atomic E-state index is 9.94. The van der Waals surface area contributed by atoms with Gasteiger partial charge < -0.3 is 10.1 Å². The number of carbonyl (C=O) groups excluding carboxylic acids is 1. The fourth-order valence-electron chi connectivity index (χ4n) is 1.04. The molecule has 0 bridgehead atoms. The zero-order chi connectivity index (χ0) is 6.69. The van der Waals surface area contributed by atoms with E-state index in [2.05, 4.69) is 5.32 Å². The maximum Gasteiger partial charge on any atom is 0.207 e. The van der Waals surface area contributed by atoms with Gasteiger partial charge in [-0.05, 0) is 13.3 Å². The summed E-state index contributed by atoms with van der Waals surface area (Å²) in [6.07, 6.45) is 1.87. The molecular formula is C6H11NO2. The summed E-state index contributed by atoms with van der Waals surface area (Å²) in [5.74, 6) is 0. The lowest BCUT2D eigenvalue weighted by atomic mass is 10.2. The van der Waals surface area contributed by atoms with Crippen LogP contribution in [0.2, 0.25) is 0 Å². The molecular weight excluding hydrogens is 118 g/mol. The van der Waals surface area contributed by atoms with Crippen LogP contribution in [0.5, 0.6) is 0 Å². The molecule has 0 radical (unpaired) electrons. The van der Waals surface area contributed by atoms with E-state index in [1.807, 2.05) is 6.92 Å².